The second-order valence-electron chi connectivity index (χ2n) is 5.06. The fourth-order valence-corrected chi connectivity index (χ4v) is 2.73. The Bertz CT molecular complexity index is 709. The van der Waals surface area contributed by atoms with Crippen molar-refractivity contribution in [3.8, 4) is 0 Å². The molecule has 1 aromatic heterocycles. The molecule has 0 atom stereocenters. The Morgan fingerprint density at radius 2 is 2.05 bits per heavy atom. The molecule has 0 saturated heterocycles. The highest BCUT2D eigenvalue weighted by atomic mass is 32.2. The molecule has 1 amide bonds. The second-order valence-corrected chi connectivity index (χ2v) is 6.05. The van der Waals surface area contributed by atoms with Crippen LogP contribution in [0.3, 0.4) is 0 Å². The first kappa shape index (κ1) is 15.6. The molecule has 0 N–H and O–H groups in total. The molecule has 1 heterocycles. The lowest BCUT2D eigenvalue weighted by atomic mass is 10.2. The van der Waals surface area contributed by atoms with Gasteiger partial charge in [0.25, 0.3) is 0 Å². The molecule has 0 saturated carbocycles. The normalized spacial score (nSPS) is 10.8. The first-order valence-corrected chi connectivity index (χ1v) is 8.26. The highest BCUT2D eigenvalue weighted by Gasteiger charge is 2.12. The molecule has 21 heavy (non-hydrogen) atoms. The summed E-state index contributed by atoms with van der Waals surface area (Å²) in [6.07, 6.45) is 2.03. The van der Waals surface area contributed by atoms with Crippen LogP contribution in [0.2, 0.25) is 0 Å². The standard InChI is InChI=1S/C16H20N2O2S/c1-12-10-15(19)13-6-4-5-7-14(13)18(12)11-16(20)17(2)8-9-21-3/h4-7,10H,8-9,11H2,1-3H3. The van der Waals surface area contributed by atoms with Gasteiger partial charge in [0.05, 0.1) is 5.52 Å². The van der Waals surface area contributed by atoms with Gasteiger partial charge < -0.3 is 9.47 Å². The van der Waals surface area contributed by atoms with E-state index in [0.717, 1.165) is 23.5 Å². The van der Waals surface area contributed by atoms with Crippen LogP contribution in [-0.2, 0) is 11.3 Å². The van der Waals surface area contributed by atoms with Crippen LogP contribution in [0.5, 0.6) is 0 Å². The molecule has 2 rings (SSSR count). The molecule has 0 aliphatic rings. The summed E-state index contributed by atoms with van der Waals surface area (Å²) in [6, 6.07) is 9.02. The Kier molecular flexibility index (Phi) is 5.07. The number of aryl methyl sites for hydroxylation is 1. The third kappa shape index (κ3) is 3.47. The molecule has 0 bridgehead atoms. The van der Waals surface area contributed by atoms with Crippen LogP contribution in [0, 0.1) is 6.92 Å². The van der Waals surface area contributed by atoms with Gasteiger partial charge in [0.15, 0.2) is 5.43 Å². The average Bonchev–Trinajstić information content (AvgIpc) is 2.48. The smallest absolute Gasteiger partial charge is 0.242 e. The Balaban J connectivity index is 2.34. The first-order chi connectivity index (χ1) is 10.0. The van der Waals surface area contributed by atoms with Crippen molar-refractivity contribution in [1.82, 2.24) is 9.47 Å². The van der Waals surface area contributed by atoms with E-state index in [-0.39, 0.29) is 17.9 Å². The molecule has 112 valence electrons. The van der Waals surface area contributed by atoms with E-state index in [1.54, 1.807) is 28.8 Å². The monoisotopic (exact) mass is 304 g/mol. The minimum Gasteiger partial charge on any atom is -0.343 e. The SMILES string of the molecule is CSCCN(C)C(=O)Cn1c(C)cc(=O)c2ccccc21. The van der Waals surface area contributed by atoms with Gasteiger partial charge in [0.2, 0.25) is 5.91 Å². The van der Waals surface area contributed by atoms with Crippen molar-refractivity contribution < 1.29 is 4.79 Å². The third-order valence-corrected chi connectivity index (χ3v) is 4.17. The Hall–Kier alpha value is -1.75. The predicted molar refractivity (Wildman–Crippen MR) is 89.0 cm³/mol. The Labute approximate surface area is 128 Å². The average molecular weight is 304 g/mol. The summed E-state index contributed by atoms with van der Waals surface area (Å²) in [6.45, 7) is 2.86. The van der Waals surface area contributed by atoms with Crippen LogP contribution in [0.25, 0.3) is 10.9 Å². The summed E-state index contributed by atoms with van der Waals surface area (Å²) in [7, 11) is 1.82. The number of benzene rings is 1. The van der Waals surface area contributed by atoms with Crippen LogP contribution in [0.1, 0.15) is 5.69 Å². The molecule has 2 aromatic rings. The zero-order valence-corrected chi connectivity index (χ0v) is 13.4. The summed E-state index contributed by atoms with van der Waals surface area (Å²) in [5.41, 5.74) is 1.63. The fourth-order valence-electron chi connectivity index (χ4n) is 2.27. The van der Waals surface area contributed by atoms with Crippen molar-refractivity contribution in [2.24, 2.45) is 0 Å². The summed E-state index contributed by atoms with van der Waals surface area (Å²) < 4.78 is 1.91. The van der Waals surface area contributed by atoms with Crippen LogP contribution < -0.4 is 5.43 Å². The van der Waals surface area contributed by atoms with E-state index in [1.165, 1.54) is 0 Å². The molecule has 0 spiro atoms. The number of amides is 1. The number of carbonyl (C=O) groups excluding carboxylic acids is 1. The molecule has 4 nitrogen and oxygen atoms in total. The number of likely N-dealkylation sites (N-methyl/N-ethyl adjacent to an activating group) is 1. The number of hydrogen-bond acceptors (Lipinski definition) is 3. The number of carbonyl (C=O) groups is 1. The molecule has 0 aliphatic carbocycles. The second kappa shape index (κ2) is 6.80. The summed E-state index contributed by atoms with van der Waals surface area (Å²) >= 11 is 1.72. The molecule has 0 radical (unpaired) electrons. The van der Waals surface area contributed by atoms with Crippen molar-refractivity contribution in [3.05, 3.63) is 46.2 Å². The number of aromatic nitrogens is 1. The molecular formula is C16H20N2O2S. The van der Waals surface area contributed by atoms with Gasteiger partial charge in [-0.25, -0.2) is 0 Å². The van der Waals surface area contributed by atoms with E-state index in [9.17, 15) is 9.59 Å². The van der Waals surface area contributed by atoms with Crippen LogP contribution in [0.15, 0.2) is 35.1 Å². The topological polar surface area (TPSA) is 42.3 Å². The summed E-state index contributed by atoms with van der Waals surface area (Å²) in [5.74, 6) is 0.979. The predicted octanol–water partition coefficient (Wildman–Crippen LogP) is 2.13. The van der Waals surface area contributed by atoms with E-state index in [1.807, 2.05) is 43.0 Å². The number of nitrogens with zero attached hydrogens (tertiary/aromatic N) is 2. The molecule has 0 fully saturated rings. The zero-order valence-electron chi connectivity index (χ0n) is 12.6. The molecular weight excluding hydrogens is 284 g/mol. The van der Waals surface area contributed by atoms with Crippen molar-refractivity contribution in [2.75, 3.05) is 25.6 Å². The molecule has 5 heteroatoms. The van der Waals surface area contributed by atoms with Crippen LogP contribution in [0.4, 0.5) is 0 Å². The van der Waals surface area contributed by atoms with Gasteiger partial charge in [-0.2, -0.15) is 11.8 Å². The minimum atomic E-state index is 0.00235. The Morgan fingerprint density at radius 1 is 1.33 bits per heavy atom. The van der Waals surface area contributed by atoms with Gasteiger partial charge in [-0.1, -0.05) is 12.1 Å². The quantitative estimate of drug-likeness (QED) is 0.850. The minimum absolute atomic E-state index is 0.00235. The van der Waals surface area contributed by atoms with Crippen molar-refractivity contribution in [1.29, 1.82) is 0 Å². The van der Waals surface area contributed by atoms with Gasteiger partial charge in [-0.15, -0.1) is 0 Å². The highest BCUT2D eigenvalue weighted by molar-refractivity contribution is 7.98. The van der Waals surface area contributed by atoms with E-state index in [4.69, 9.17) is 0 Å². The van der Waals surface area contributed by atoms with Gasteiger partial charge in [0, 0.05) is 36.5 Å². The Morgan fingerprint density at radius 3 is 2.76 bits per heavy atom. The maximum atomic E-state index is 12.3. The number of para-hydroxylation sites is 1. The summed E-state index contributed by atoms with van der Waals surface area (Å²) in [5, 5.41) is 0.655. The molecule has 1 aromatic carbocycles. The van der Waals surface area contributed by atoms with Crippen molar-refractivity contribution in [3.63, 3.8) is 0 Å². The van der Waals surface area contributed by atoms with Crippen molar-refractivity contribution in [2.45, 2.75) is 13.5 Å². The van der Waals surface area contributed by atoms with E-state index < -0.39 is 0 Å². The third-order valence-electron chi connectivity index (χ3n) is 3.58. The van der Waals surface area contributed by atoms with Gasteiger partial charge >= 0.3 is 0 Å². The lowest BCUT2D eigenvalue weighted by Crippen LogP contribution is -2.32. The van der Waals surface area contributed by atoms with E-state index >= 15 is 0 Å². The molecule has 0 unspecified atom stereocenters. The number of hydrogen-bond donors (Lipinski definition) is 0. The van der Waals surface area contributed by atoms with E-state index in [2.05, 4.69) is 0 Å². The fraction of sp³-hybridized carbons (Fsp3) is 0.375. The van der Waals surface area contributed by atoms with Crippen LogP contribution in [-0.4, -0.2) is 41.0 Å². The van der Waals surface area contributed by atoms with Gasteiger partial charge in [-0.3, -0.25) is 9.59 Å². The maximum Gasteiger partial charge on any atom is 0.242 e. The van der Waals surface area contributed by atoms with Crippen molar-refractivity contribution >= 4 is 28.6 Å². The van der Waals surface area contributed by atoms with E-state index in [0.29, 0.717) is 5.39 Å². The first-order valence-electron chi connectivity index (χ1n) is 6.86. The van der Waals surface area contributed by atoms with Crippen LogP contribution >= 0.6 is 11.8 Å². The lowest BCUT2D eigenvalue weighted by Gasteiger charge is -2.20. The number of rotatable bonds is 5. The maximum absolute atomic E-state index is 12.3. The number of pyridine rings is 1. The largest absolute Gasteiger partial charge is 0.343 e. The van der Waals surface area contributed by atoms with Gasteiger partial charge in [-0.05, 0) is 25.3 Å². The molecule has 0 aliphatic heterocycles. The number of thioether (sulfide) groups is 1. The zero-order chi connectivity index (χ0) is 15.4. The summed E-state index contributed by atoms with van der Waals surface area (Å²) in [4.78, 5) is 26.1. The number of fused-ring (bicyclic) bond motifs is 1. The lowest BCUT2D eigenvalue weighted by molar-refractivity contribution is -0.130. The van der Waals surface area contributed by atoms with Gasteiger partial charge in [0.1, 0.15) is 6.54 Å². The highest BCUT2D eigenvalue weighted by Crippen LogP contribution is 2.13.